The Bertz CT molecular complexity index is 342. The van der Waals surface area contributed by atoms with Crippen molar-refractivity contribution in [1.82, 2.24) is 0 Å². The fourth-order valence-electron chi connectivity index (χ4n) is 1.61. The fraction of sp³-hybridized carbons (Fsp3) is 0.571. The molecule has 0 spiro atoms. The van der Waals surface area contributed by atoms with E-state index in [9.17, 15) is 0 Å². The first-order valence-corrected chi connectivity index (χ1v) is 6.44. The van der Waals surface area contributed by atoms with Gasteiger partial charge < -0.3 is 19.5 Å². The molecule has 0 amide bonds. The van der Waals surface area contributed by atoms with E-state index in [1.54, 1.807) is 7.11 Å². The predicted molar refractivity (Wildman–Crippen MR) is 73.8 cm³/mol. The summed E-state index contributed by atoms with van der Waals surface area (Å²) in [5.74, 6) is 1.58. The summed E-state index contributed by atoms with van der Waals surface area (Å²) >= 11 is 0. The van der Waals surface area contributed by atoms with Crippen LogP contribution < -0.4 is 14.8 Å². The average molecular weight is 253 g/mol. The quantitative estimate of drug-likeness (QED) is 0.687. The van der Waals surface area contributed by atoms with Crippen LogP contribution in [0.1, 0.15) is 20.3 Å². The molecule has 1 N–H and O–H groups in total. The van der Waals surface area contributed by atoms with Gasteiger partial charge in [0.2, 0.25) is 0 Å². The second-order valence-electron chi connectivity index (χ2n) is 3.80. The van der Waals surface area contributed by atoms with Gasteiger partial charge in [-0.2, -0.15) is 0 Å². The molecule has 0 saturated carbocycles. The molecular weight excluding hydrogens is 230 g/mol. The summed E-state index contributed by atoms with van der Waals surface area (Å²) in [7, 11) is 1.71. The van der Waals surface area contributed by atoms with Gasteiger partial charge in [0.25, 0.3) is 0 Å². The van der Waals surface area contributed by atoms with Crippen LogP contribution in [0.5, 0.6) is 11.5 Å². The molecular formula is C14H23NO3. The zero-order chi connectivity index (χ0) is 13.2. The lowest BCUT2D eigenvalue weighted by molar-refractivity contribution is 0.198. The molecule has 18 heavy (non-hydrogen) atoms. The summed E-state index contributed by atoms with van der Waals surface area (Å²) in [5, 5.41) is 3.33. The maximum absolute atomic E-state index is 5.57. The summed E-state index contributed by atoms with van der Waals surface area (Å²) in [5.41, 5.74) is 1.04. The van der Waals surface area contributed by atoms with Gasteiger partial charge in [-0.05, 0) is 32.4 Å². The minimum Gasteiger partial charge on any atom is -0.490 e. The van der Waals surface area contributed by atoms with Crippen LogP contribution in [0.15, 0.2) is 18.2 Å². The van der Waals surface area contributed by atoms with Crippen LogP contribution in [0, 0.1) is 0 Å². The van der Waals surface area contributed by atoms with Gasteiger partial charge in [0.1, 0.15) is 0 Å². The Labute approximate surface area is 109 Å². The van der Waals surface area contributed by atoms with Crippen molar-refractivity contribution in [3.63, 3.8) is 0 Å². The molecule has 0 aliphatic rings. The Morgan fingerprint density at radius 1 is 1.06 bits per heavy atom. The Balaban J connectivity index is 2.61. The second-order valence-corrected chi connectivity index (χ2v) is 3.80. The van der Waals surface area contributed by atoms with Gasteiger partial charge in [0, 0.05) is 32.0 Å². The predicted octanol–water partition coefficient (Wildman–Crippen LogP) is 2.93. The highest BCUT2D eigenvalue weighted by molar-refractivity contribution is 5.54. The number of benzene rings is 1. The van der Waals surface area contributed by atoms with Crippen molar-refractivity contribution in [3.8, 4) is 11.5 Å². The second kappa shape index (κ2) is 8.64. The molecule has 0 heterocycles. The largest absolute Gasteiger partial charge is 0.490 e. The SMILES string of the molecule is CCOc1ccc(NCCCOC)cc1OCC. The highest BCUT2D eigenvalue weighted by Crippen LogP contribution is 2.30. The van der Waals surface area contributed by atoms with E-state index in [1.165, 1.54) is 0 Å². The van der Waals surface area contributed by atoms with Crippen LogP contribution in [-0.4, -0.2) is 33.5 Å². The maximum Gasteiger partial charge on any atom is 0.163 e. The highest BCUT2D eigenvalue weighted by atomic mass is 16.5. The molecule has 0 aliphatic heterocycles. The Kier molecular flexibility index (Phi) is 7.03. The van der Waals surface area contributed by atoms with Crippen LogP contribution in [0.3, 0.4) is 0 Å². The van der Waals surface area contributed by atoms with Crippen LogP contribution in [0.25, 0.3) is 0 Å². The molecule has 1 aromatic rings. The average Bonchev–Trinajstić information content (AvgIpc) is 2.38. The third kappa shape index (κ3) is 4.84. The Morgan fingerprint density at radius 2 is 1.78 bits per heavy atom. The molecule has 0 aromatic heterocycles. The zero-order valence-electron chi connectivity index (χ0n) is 11.5. The van der Waals surface area contributed by atoms with Crippen LogP contribution >= 0.6 is 0 Å². The molecule has 0 unspecified atom stereocenters. The van der Waals surface area contributed by atoms with Gasteiger partial charge in [-0.3, -0.25) is 0 Å². The summed E-state index contributed by atoms with van der Waals surface area (Å²) in [6.07, 6.45) is 0.980. The van der Waals surface area contributed by atoms with Crippen LogP contribution in [0.2, 0.25) is 0 Å². The van der Waals surface area contributed by atoms with Crippen molar-refractivity contribution in [1.29, 1.82) is 0 Å². The van der Waals surface area contributed by atoms with Crippen LogP contribution in [0.4, 0.5) is 5.69 Å². The van der Waals surface area contributed by atoms with Crippen LogP contribution in [-0.2, 0) is 4.74 Å². The van der Waals surface area contributed by atoms with E-state index >= 15 is 0 Å². The molecule has 0 bridgehead atoms. The number of ether oxygens (including phenoxy) is 3. The van der Waals surface area contributed by atoms with Gasteiger partial charge in [-0.25, -0.2) is 0 Å². The number of hydrogen-bond donors (Lipinski definition) is 1. The van der Waals surface area contributed by atoms with Crippen molar-refractivity contribution in [2.75, 3.05) is 38.8 Å². The molecule has 1 aromatic carbocycles. The molecule has 0 radical (unpaired) electrons. The Morgan fingerprint density at radius 3 is 2.44 bits per heavy atom. The lowest BCUT2D eigenvalue weighted by atomic mass is 10.2. The third-order valence-electron chi connectivity index (χ3n) is 2.40. The zero-order valence-corrected chi connectivity index (χ0v) is 11.5. The summed E-state index contributed by atoms with van der Waals surface area (Å²) in [4.78, 5) is 0. The van der Waals surface area contributed by atoms with Gasteiger partial charge in [0.05, 0.1) is 13.2 Å². The molecule has 0 aliphatic carbocycles. The van der Waals surface area contributed by atoms with Crippen molar-refractivity contribution in [2.45, 2.75) is 20.3 Å². The summed E-state index contributed by atoms with van der Waals surface area (Å²) in [6.45, 7) is 6.85. The molecule has 0 saturated heterocycles. The van der Waals surface area contributed by atoms with Gasteiger partial charge >= 0.3 is 0 Å². The maximum atomic E-state index is 5.57. The van der Waals surface area contributed by atoms with Gasteiger partial charge in [0.15, 0.2) is 11.5 Å². The smallest absolute Gasteiger partial charge is 0.163 e. The number of rotatable bonds is 9. The minimum atomic E-state index is 0.632. The molecule has 4 heteroatoms. The lowest BCUT2D eigenvalue weighted by Gasteiger charge is -2.13. The van der Waals surface area contributed by atoms with Gasteiger partial charge in [-0.15, -0.1) is 0 Å². The van der Waals surface area contributed by atoms with E-state index in [0.717, 1.165) is 36.8 Å². The van der Waals surface area contributed by atoms with Crippen molar-refractivity contribution in [3.05, 3.63) is 18.2 Å². The van der Waals surface area contributed by atoms with Crippen molar-refractivity contribution < 1.29 is 14.2 Å². The Hall–Kier alpha value is -1.42. The lowest BCUT2D eigenvalue weighted by Crippen LogP contribution is -2.05. The summed E-state index contributed by atoms with van der Waals surface area (Å²) in [6, 6.07) is 5.91. The number of anilines is 1. The molecule has 1 rings (SSSR count). The number of hydrogen-bond acceptors (Lipinski definition) is 4. The van der Waals surface area contributed by atoms with E-state index in [1.807, 2.05) is 32.0 Å². The van der Waals surface area contributed by atoms with E-state index in [2.05, 4.69) is 5.32 Å². The van der Waals surface area contributed by atoms with Crippen molar-refractivity contribution >= 4 is 5.69 Å². The number of methoxy groups -OCH3 is 1. The normalized spacial score (nSPS) is 10.2. The third-order valence-corrected chi connectivity index (χ3v) is 2.40. The fourth-order valence-corrected chi connectivity index (χ4v) is 1.61. The van der Waals surface area contributed by atoms with E-state index in [-0.39, 0.29) is 0 Å². The molecule has 0 atom stereocenters. The van der Waals surface area contributed by atoms with Crippen molar-refractivity contribution in [2.24, 2.45) is 0 Å². The monoisotopic (exact) mass is 253 g/mol. The summed E-state index contributed by atoms with van der Waals surface area (Å²) < 4.78 is 16.1. The van der Waals surface area contributed by atoms with E-state index in [4.69, 9.17) is 14.2 Å². The minimum absolute atomic E-state index is 0.632. The molecule has 0 fully saturated rings. The topological polar surface area (TPSA) is 39.7 Å². The van der Waals surface area contributed by atoms with E-state index in [0.29, 0.717) is 13.2 Å². The highest BCUT2D eigenvalue weighted by Gasteiger charge is 2.05. The first kappa shape index (κ1) is 14.6. The first-order valence-electron chi connectivity index (χ1n) is 6.44. The standard InChI is InChI=1S/C14H23NO3/c1-4-17-13-8-7-12(11-14(13)18-5-2)15-9-6-10-16-3/h7-8,11,15H,4-6,9-10H2,1-3H3. The number of nitrogens with one attached hydrogen (secondary N) is 1. The first-order chi connectivity index (χ1) is 8.81. The molecule has 4 nitrogen and oxygen atoms in total. The van der Waals surface area contributed by atoms with E-state index < -0.39 is 0 Å². The van der Waals surface area contributed by atoms with Gasteiger partial charge in [-0.1, -0.05) is 0 Å². The molecule has 102 valence electrons.